The predicted octanol–water partition coefficient (Wildman–Crippen LogP) is 1.06. The molecule has 0 spiro atoms. The number of aliphatic hydroxyl groups is 1. The SMILES string of the molecule is CC1CCN(S(=O)(=O)c2ccc(C#CCO)cc2)C1. The first-order chi connectivity index (χ1) is 9.04. The fourth-order valence-corrected chi connectivity index (χ4v) is 3.69. The molecule has 1 unspecified atom stereocenters. The summed E-state index contributed by atoms with van der Waals surface area (Å²) in [6.07, 6.45) is 0.916. The van der Waals surface area contributed by atoms with Crippen LogP contribution in [0.5, 0.6) is 0 Å². The van der Waals surface area contributed by atoms with Gasteiger partial charge in [0.15, 0.2) is 0 Å². The number of sulfonamides is 1. The molecule has 0 saturated carbocycles. The Morgan fingerprint density at radius 2 is 2.05 bits per heavy atom. The predicted molar refractivity (Wildman–Crippen MR) is 72.9 cm³/mol. The molecule has 0 radical (unpaired) electrons. The normalized spacial score (nSPS) is 20.0. The van der Waals surface area contributed by atoms with E-state index in [0.29, 0.717) is 29.5 Å². The maximum absolute atomic E-state index is 12.4. The molecule has 1 aliphatic heterocycles. The lowest BCUT2D eigenvalue weighted by atomic mass is 10.2. The van der Waals surface area contributed by atoms with Crippen molar-refractivity contribution in [3.8, 4) is 11.8 Å². The standard InChI is InChI=1S/C14H17NO3S/c1-12-8-9-15(11-12)19(17,18)14-6-4-13(5-7-14)3-2-10-16/h4-7,12,16H,8-11H2,1H3. The van der Waals surface area contributed by atoms with Gasteiger partial charge < -0.3 is 5.11 Å². The average molecular weight is 279 g/mol. The van der Waals surface area contributed by atoms with E-state index in [4.69, 9.17) is 5.11 Å². The largest absolute Gasteiger partial charge is 0.384 e. The summed E-state index contributed by atoms with van der Waals surface area (Å²) in [6, 6.07) is 6.46. The van der Waals surface area contributed by atoms with E-state index >= 15 is 0 Å². The number of aliphatic hydroxyl groups excluding tert-OH is 1. The van der Waals surface area contributed by atoms with Gasteiger partial charge in [-0.3, -0.25) is 0 Å². The second-order valence-corrected chi connectivity index (χ2v) is 6.68. The smallest absolute Gasteiger partial charge is 0.243 e. The van der Waals surface area contributed by atoms with Crippen LogP contribution in [0.3, 0.4) is 0 Å². The molecule has 1 N–H and O–H groups in total. The van der Waals surface area contributed by atoms with Gasteiger partial charge in [-0.2, -0.15) is 4.31 Å². The fraction of sp³-hybridized carbons (Fsp3) is 0.429. The molecule has 1 aromatic rings. The van der Waals surface area contributed by atoms with E-state index in [9.17, 15) is 8.42 Å². The van der Waals surface area contributed by atoms with Crippen LogP contribution < -0.4 is 0 Å². The van der Waals surface area contributed by atoms with E-state index in [0.717, 1.165) is 6.42 Å². The van der Waals surface area contributed by atoms with Crippen molar-refractivity contribution in [1.82, 2.24) is 4.31 Å². The number of rotatable bonds is 2. The Morgan fingerprint density at radius 1 is 1.37 bits per heavy atom. The number of benzene rings is 1. The van der Waals surface area contributed by atoms with Gasteiger partial charge in [0.1, 0.15) is 6.61 Å². The number of hydrogen-bond donors (Lipinski definition) is 1. The van der Waals surface area contributed by atoms with Crippen molar-refractivity contribution in [2.75, 3.05) is 19.7 Å². The van der Waals surface area contributed by atoms with Crippen LogP contribution in [0.1, 0.15) is 18.9 Å². The lowest BCUT2D eigenvalue weighted by Gasteiger charge is -2.15. The van der Waals surface area contributed by atoms with E-state index in [2.05, 4.69) is 18.8 Å². The first-order valence-electron chi connectivity index (χ1n) is 6.24. The molecule has 0 bridgehead atoms. The highest BCUT2D eigenvalue weighted by molar-refractivity contribution is 7.89. The van der Waals surface area contributed by atoms with Gasteiger partial charge in [0.05, 0.1) is 4.90 Å². The van der Waals surface area contributed by atoms with Gasteiger partial charge in [-0.1, -0.05) is 18.8 Å². The van der Waals surface area contributed by atoms with E-state index in [-0.39, 0.29) is 6.61 Å². The summed E-state index contributed by atoms with van der Waals surface area (Å²) in [4.78, 5) is 0.302. The van der Waals surface area contributed by atoms with Crippen LogP contribution in [-0.2, 0) is 10.0 Å². The Morgan fingerprint density at radius 3 is 2.58 bits per heavy atom. The maximum Gasteiger partial charge on any atom is 0.243 e. The monoisotopic (exact) mass is 279 g/mol. The third-order valence-corrected chi connectivity index (χ3v) is 5.07. The number of nitrogens with zero attached hydrogens (tertiary/aromatic N) is 1. The fourth-order valence-electron chi connectivity index (χ4n) is 2.11. The molecule has 1 atom stereocenters. The minimum atomic E-state index is -3.37. The summed E-state index contributed by atoms with van der Waals surface area (Å²) in [5.41, 5.74) is 0.697. The van der Waals surface area contributed by atoms with E-state index in [1.807, 2.05) is 0 Å². The summed E-state index contributed by atoms with van der Waals surface area (Å²) in [6.45, 7) is 3.04. The Kier molecular flexibility index (Phi) is 4.25. The first kappa shape index (κ1) is 14.1. The van der Waals surface area contributed by atoms with Gasteiger partial charge in [-0.05, 0) is 36.6 Å². The van der Waals surface area contributed by atoms with E-state index < -0.39 is 10.0 Å². The van der Waals surface area contributed by atoms with Gasteiger partial charge in [0, 0.05) is 18.7 Å². The van der Waals surface area contributed by atoms with Gasteiger partial charge in [0.2, 0.25) is 10.0 Å². The molecular formula is C14H17NO3S. The molecule has 1 fully saturated rings. The zero-order valence-corrected chi connectivity index (χ0v) is 11.7. The molecular weight excluding hydrogens is 262 g/mol. The third kappa shape index (κ3) is 3.16. The second-order valence-electron chi connectivity index (χ2n) is 4.74. The average Bonchev–Trinajstić information content (AvgIpc) is 2.84. The quantitative estimate of drug-likeness (QED) is 0.824. The highest BCUT2D eigenvalue weighted by Gasteiger charge is 2.30. The Labute approximate surface area is 114 Å². The lowest BCUT2D eigenvalue weighted by Crippen LogP contribution is -2.28. The summed E-state index contributed by atoms with van der Waals surface area (Å²) in [5, 5.41) is 8.60. The molecule has 1 aromatic carbocycles. The third-order valence-electron chi connectivity index (χ3n) is 3.19. The molecule has 0 aliphatic carbocycles. The minimum Gasteiger partial charge on any atom is -0.384 e. The van der Waals surface area contributed by atoms with Crippen molar-refractivity contribution in [3.05, 3.63) is 29.8 Å². The number of hydrogen-bond acceptors (Lipinski definition) is 3. The van der Waals surface area contributed by atoms with Gasteiger partial charge in [-0.25, -0.2) is 8.42 Å². The summed E-state index contributed by atoms with van der Waals surface area (Å²) < 4.78 is 26.2. The lowest BCUT2D eigenvalue weighted by molar-refractivity contribution is 0.350. The van der Waals surface area contributed by atoms with Crippen LogP contribution in [0, 0.1) is 17.8 Å². The molecule has 2 rings (SSSR count). The molecule has 102 valence electrons. The zero-order valence-electron chi connectivity index (χ0n) is 10.8. The van der Waals surface area contributed by atoms with E-state index in [1.54, 1.807) is 24.3 Å². The van der Waals surface area contributed by atoms with Crippen LogP contribution in [-0.4, -0.2) is 37.5 Å². The van der Waals surface area contributed by atoms with Crippen LogP contribution in [0.4, 0.5) is 0 Å². The molecule has 0 aromatic heterocycles. The van der Waals surface area contributed by atoms with Gasteiger partial charge >= 0.3 is 0 Å². The van der Waals surface area contributed by atoms with Crippen molar-refractivity contribution >= 4 is 10.0 Å². The maximum atomic E-state index is 12.4. The molecule has 1 aliphatic rings. The highest BCUT2D eigenvalue weighted by Crippen LogP contribution is 2.23. The summed E-state index contributed by atoms with van der Waals surface area (Å²) >= 11 is 0. The molecule has 1 saturated heterocycles. The van der Waals surface area contributed by atoms with Crippen molar-refractivity contribution in [2.45, 2.75) is 18.2 Å². The molecule has 4 nitrogen and oxygen atoms in total. The summed E-state index contributed by atoms with van der Waals surface area (Å²) in [7, 11) is -3.37. The molecule has 1 heterocycles. The topological polar surface area (TPSA) is 57.6 Å². The molecule has 0 amide bonds. The van der Waals surface area contributed by atoms with Crippen molar-refractivity contribution < 1.29 is 13.5 Å². The summed E-state index contributed by atoms with van der Waals surface area (Å²) in [5.74, 6) is 5.69. The zero-order chi connectivity index (χ0) is 13.9. The Bertz CT molecular complexity index is 596. The van der Waals surface area contributed by atoms with Crippen LogP contribution >= 0.6 is 0 Å². The van der Waals surface area contributed by atoms with Crippen molar-refractivity contribution in [1.29, 1.82) is 0 Å². The van der Waals surface area contributed by atoms with Crippen LogP contribution in [0.2, 0.25) is 0 Å². The van der Waals surface area contributed by atoms with Crippen LogP contribution in [0.15, 0.2) is 29.2 Å². The van der Waals surface area contributed by atoms with Gasteiger partial charge in [0.25, 0.3) is 0 Å². The van der Waals surface area contributed by atoms with Crippen molar-refractivity contribution in [3.63, 3.8) is 0 Å². The second kappa shape index (κ2) is 5.74. The Hall–Kier alpha value is -1.35. The minimum absolute atomic E-state index is 0.203. The van der Waals surface area contributed by atoms with E-state index in [1.165, 1.54) is 4.31 Å². The highest BCUT2D eigenvalue weighted by atomic mass is 32.2. The molecule has 5 heteroatoms. The first-order valence-corrected chi connectivity index (χ1v) is 7.68. The van der Waals surface area contributed by atoms with Gasteiger partial charge in [-0.15, -0.1) is 0 Å². The molecule has 19 heavy (non-hydrogen) atoms. The van der Waals surface area contributed by atoms with Crippen molar-refractivity contribution in [2.24, 2.45) is 5.92 Å². The van der Waals surface area contributed by atoms with Crippen LogP contribution in [0.25, 0.3) is 0 Å². The Balaban J connectivity index is 2.22.